The quantitative estimate of drug-likeness (QED) is 0.437. The van der Waals surface area contributed by atoms with Crippen LogP contribution in [0, 0.1) is 0 Å². The van der Waals surface area contributed by atoms with Gasteiger partial charge >= 0.3 is 12.1 Å². The Bertz CT molecular complexity index is 1350. The van der Waals surface area contributed by atoms with Crippen molar-refractivity contribution >= 4 is 33.8 Å². The van der Waals surface area contributed by atoms with Gasteiger partial charge in [-0.3, -0.25) is 4.79 Å². The lowest BCUT2D eigenvalue weighted by Gasteiger charge is -2.32. The minimum atomic E-state index is -1.34. The molecular formula is C27H22BrNO8. The lowest BCUT2D eigenvalue weighted by atomic mass is 9.93. The molecule has 0 radical (unpaired) electrons. The first kappa shape index (κ1) is 24.6. The molecule has 1 N–H and O–H groups in total. The number of esters is 1. The summed E-state index contributed by atoms with van der Waals surface area (Å²) in [5, 5.41) is 2.54. The Morgan fingerprint density at radius 2 is 1.78 bits per heavy atom. The topological polar surface area (TPSA) is 109 Å². The summed E-state index contributed by atoms with van der Waals surface area (Å²) in [6.07, 6.45) is -3.08. The second-order valence-corrected chi connectivity index (χ2v) is 9.31. The molecule has 2 aliphatic heterocycles. The van der Waals surface area contributed by atoms with Crippen molar-refractivity contribution in [1.82, 2.24) is 5.32 Å². The standard InChI is InChI=1S/C27H22BrNO8/c1-33-26(31)19(11-15-5-3-2-4-6-15)29-27(32)37-25-23(30)18-13-17(28)8-10-20(18)36-24(25)16-7-9-21-22(12-16)35-14-34-21/h2-10,12-13,19,24-25H,11,14H2,1H3,(H,29,32)/t19-,24-,25+/m0/s1. The van der Waals surface area contributed by atoms with Crippen LogP contribution < -0.4 is 19.5 Å². The number of rotatable bonds is 6. The van der Waals surface area contributed by atoms with Crippen LogP contribution in [0.3, 0.4) is 0 Å². The number of nitrogens with one attached hydrogen (secondary N) is 1. The molecule has 2 aliphatic rings. The number of carbonyl (C=O) groups is 3. The number of hydrogen-bond donors (Lipinski definition) is 1. The van der Waals surface area contributed by atoms with Gasteiger partial charge in [-0.2, -0.15) is 0 Å². The molecule has 0 aliphatic carbocycles. The van der Waals surface area contributed by atoms with E-state index in [9.17, 15) is 14.4 Å². The molecule has 0 aromatic heterocycles. The number of ketones is 1. The fourth-order valence-corrected chi connectivity index (χ4v) is 4.57. The van der Waals surface area contributed by atoms with Gasteiger partial charge in [-0.25, -0.2) is 9.59 Å². The highest BCUT2D eigenvalue weighted by molar-refractivity contribution is 9.10. The van der Waals surface area contributed by atoms with E-state index in [1.165, 1.54) is 7.11 Å². The molecule has 0 unspecified atom stereocenters. The van der Waals surface area contributed by atoms with E-state index in [4.69, 9.17) is 23.7 Å². The number of amides is 1. The Kier molecular flexibility index (Phi) is 7.00. The molecule has 0 bridgehead atoms. The number of alkyl carbamates (subject to hydrolysis) is 1. The summed E-state index contributed by atoms with van der Waals surface area (Å²) in [5.41, 5.74) is 1.63. The van der Waals surface area contributed by atoms with Gasteiger partial charge in [0.2, 0.25) is 18.7 Å². The van der Waals surface area contributed by atoms with Crippen molar-refractivity contribution in [3.8, 4) is 17.2 Å². The fourth-order valence-electron chi connectivity index (χ4n) is 4.21. The zero-order valence-electron chi connectivity index (χ0n) is 19.6. The summed E-state index contributed by atoms with van der Waals surface area (Å²) in [7, 11) is 1.23. The number of carbonyl (C=O) groups excluding carboxylic acids is 3. The van der Waals surface area contributed by atoms with Crippen molar-refractivity contribution in [2.75, 3.05) is 13.9 Å². The van der Waals surface area contributed by atoms with Crippen molar-refractivity contribution in [2.24, 2.45) is 0 Å². The van der Waals surface area contributed by atoms with Crippen LogP contribution in [-0.4, -0.2) is 43.9 Å². The van der Waals surface area contributed by atoms with Crippen LogP contribution in [0.2, 0.25) is 0 Å². The van der Waals surface area contributed by atoms with Crippen LogP contribution in [-0.2, 0) is 20.7 Å². The Morgan fingerprint density at radius 3 is 2.57 bits per heavy atom. The molecular weight excluding hydrogens is 546 g/mol. The summed E-state index contributed by atoms with van der Waals surface area (Å²) < 4.78 is 28.1. The zero-order chi connectivity index (χ0) is 25.9. The molecule has 3 aromatic rings. The monoisotopic (exact) mass is 567 g/mol. The van der Waals surface area contributed by atoms with E-state index in [1.807, 2.05) is 30.3 Å². The van der Waals surface area contributed by atoms with Gasteiger partial charge in [-0.1, -0.05) is 52.3 Å². The van der Waals surface area contributed by atoms with Gasteiger partial charge in [0.15, 0.2) is 17.6 Å². The third-order valence-electron chi connectivity index (χ3n) is 6.01. The van der Waals surface area contributed by atoms with Crippen molar-refractivity contribution in [3.63, 3.8) is 0 Å². The van der Waals surface area contributed by atoms with Crippen molar-refractivity contribution < 1.29 is 38.1 Å². The molecule has 3 atom stereocenters. The van der Waals surface area contributed by atoms with Gasteiger partial charge in [0.1, 0.15) is 11.8 Å². The number of methoxy groups -OCH3 is 1. The molecule has 37 heavy (non-hydrogen) atoms. The van der Waals surface area contributed by atoms with E-state index in [0.717, 1.165) is 5.56 Å². The molecule has 5 rings (SSSR count). The first-order chi connectivity index (χ1) is 17.9. The summed E-state index contributed by atoms with van der Waals surface area (Å²) in [6.45, 7) is 0.0821. The maximum absolute atomic E-state index is 13.5. The van der Waals surface area contributed by atoms with Crippen LogP contribution in [0.1, 0.15) is 27.6 Å². The van der Waals surface area contributed by atoms with Crippen LogP contribution in [0.5, 0.6) is 17.2 Å². The lowest BCUT2D eigenvalue weighted by molar-refractivity contribution is -0.143. The minimum Gasteiger partial charge on any atom is -0.481 e. The van der Waals surface area contributed by atoms with Gasteiger partial charge in [0, 0.05) is 16.5 Å². The maximum atomic E-state index is 13.5. The first-order valence-corrected chi connectivity index (χ1v) is 12.2. The maximum Gasteiger partial charge on any atom is 0.408 e. The van der Waals surface area contributed by atoms with Crippen molar-refractivity contribution in [1.29, 1.82) is 0 Å². The van der Waals surface area contributed by atoms with Gasteiger partial charge in [-0.15, -0.1) is 0 Å². The van der Waals surface area contributed by atoms with Gasteiger partial charge in [-0.05, 0) is 35.9 Å². The smallest absolute Gasteiger partial charge is 0.408 e. The number of fused-ring (bicyclic) bond motifs is 2. The van der Waals surface area contributed by atoms with E-state index >= 15 is 0 Å². The fraction of sp³-hybridized carbons (Fsp3) is 0.222. The van der Waals surface area contributed by atoms with Crippen LogP contribution in [0.4, 0.5) is 4.79 Å². The van der Waals surface area contributed by atoms with Crippen LogP contribution in [0.15, 0.2) is 71.2 Å². The summed E-state index contributed by atoms with van der Waals surface area (Å²) in [6, 6.07) is 18.3. The van der Waals surface area contributed by atoms with Gasteiger partial charge < -0.3 is 29.0 Å². The largest absolute Gasteiger partial charge is 0.481 e. The second kappa shape index (κ2) is 10.5. The molecule has 0 spiro atoms. The third kappa shape index (κ3) is 5.24. The predicted molar refractivity (Wildman–Crippen MR) is 134 cm³/mol. The van der Waals surface area contributed by atoms with E-state index in [2.05, 4.69) is 21.2 Å². The highest BCUT2D eigenvalue weighted by atomic mass is 79.9. The van der Waals surface area contributed by atoms with E-state index in [0.29, 0.717) is 27.3 Å². The van der Waals surface area contributed by atoms with E-state index in [1.54, 1.807) is 36.4 Å². The molecule has 9 nitrogen and oxygen atoms in total. The van der Waals surface area contributed by atoms with Crippen LogP contribution >= 0.6 is 15.9 Å². The Morgan fingerprint density at radius 1 is 1.03 bits per heavy atom. The SMILES string of the molecule is COC(=O)[C@H](Cc1ccccc1)NC(=O)O[C@@H]1C(=O)c2cc(Br)ccc2O[C@H]1c1ccc2c(c1)OCO2. The molecule has 0 saturated carbocycles. The van der Waals surface area contributed by atoms with E-state index in [-0.39, 0.29) is 18.8 Å². The Hall–Kier alpha value is -4.05. The molecule has 0 fully saturated rings. The summed E-state index contributed by atoms with van der Waals surface area (Å²) in [4.78, 5) is 38.9. The highest BCUT2D eigenvalue weighted by Crippen LogP contribution is 2.41. The first-order valence-electron chi connectivity index (χ1n) is 11.4. The molecule has 2 heterocycles. The molecule has 10 heteroatoms. The lowest BCUT2D eigenvalue weighted by Crippen LogP contribution is -2.47. The summed E-state index contributed by atoms with van der Waals surface area (Å²) >= 11 is 3.36. The third-order valence-corrected chi connectivity index (χ3v) is 6.51. The second-order valence-electron chi connectivity index (χ2n) is 8.39. The highest BCUT2D eigenvalue weighted by Gasteiger charge is 2.42. The molecule has 1 amide bonds. The van der Waals surface area contributed by atoms with E-state index < -0.39 is 36.1 Å². The molecule has 3 aromatic carbocycles. The number of Topliss-reactive ketones (excluding diaryl/α,β-unsaturated/α-hetero) is 1. The number of hydrogen-bond acceptors (Lipinski definition) is 8. The molecule has 190 valence electrons. The summed E-state index contributed by atoms with van der Waals surface area (Å²) in [5.74, 6) is 0.318. The number of ether oxygens (including phenoxy) is 5. The average molecular weight is 568 g/mol. The Labute approximate surface area is 220 Å². The Balaban J connectivity index is 1.42. The van der Waals surface area contributed by atoms with Crippen LogP contribution in [0.25, 0.3) is 0 Å². The molecule has 0 saturated heterocycles. The average Bonchev–Trinajstić information content (AvgIpc) is 3.38. The van der Waals surface area contributed by atoms with Gasteiger partial charge in [0.25, 0.3) is 0 Å². The normalized spacial score (nSPS) is 18.3. The number of benzene rings is 3. The predicted octanol–water partition coefficient (Wildman–Crippen LogP) is 4.37. The van der Waals surface area contributed by atoms with Crippen molar-refractivity contribution in [2.45, 2.75) is 24.7 Å². The van der Waals surface area contributed by atoms with Crippen molar-refractivity contribution in [3.05, 3.63) is 87.9 Å². The number of halogens is 1. The van der Waals surface area contributed by atoms with Gasteiger partial charge in [0.05, 0.1) is 12.7 Å². The minimum absolute atomic E-state index is 0.0821. The zero-order valence-corrected chi connectivity index (χ0v) is 21.2.